The largest absolute Gasteiger partial charge is 0.376 e. The molecule has 25 heavy (non-hydrogen) atoms. The number of hydrogen-bond donors (Lipinski definition) is 0. The Hall–Kier alpha value is -0.980. The molecule has 1 aromatic rings. The molecule has 0 aromatic carbocycles. The van der Waals surface area contributed by atoms with Crippen LogP contribution >= 0.6 is 11.3 Å². The lowest BCUT2D eigenvalue weighted by Crippen LogP contribution is -2.41. The van der Waals surface area contributed by atoms with Gasteiger partial charge in [-0.15, -0.1) is 11.3 Å². The van der Waals surface area contributed by atoms with Gasteiger partial charge in [0.1, 0.15) is 9.88 Å². The summed E-state index contributed by atoms with van der Waals surface area (Å²) in [5, 5.41) is 1.07. The monoisotopic (exact) mass is 363 g/mol. The smallest absolute Gasteiger partial charge is 0.265 e. The van der Waals surface area contributed by atoms with Crippen LogP contribution in [0, 0.1) is 5.92 Å². The van der Waals surface area contributed by atoms with Crippen molar-refractivity contribution in [1.29, 1.82) is 0 Å². The third-order valence-corrected chi connectivity index (χ3v) is 6.73. The van der Waals surface area contributed by atoms with Crippen LogP contribution < -0.4 is 0 Å². The Morgan fingerprint density at radius 1 is 1.20 bits per heavy atom. The molecule has 3 aliphatic rings. The molecule has 1 aliphatic carbocycles. The van der Waals surface area contributed by atoms with Crippen LogP contribution in [0.3, 0.4) is 0 Å². The Labute approximate surface area is 154 Å². The minimum absolute atomic E-state index is 0.160. The molecule has 0 spiro atoms. The SMILES string of the molecule is O=C(c1cnc(CN2CCCC2)s1)N(CC1CCC1)C[C@H]1CCCO1. The standard InChI is InChI=1S/C19H29N3O2S/c23-19(17-11-20-18(25-17)14-21-8-1-2-9-21)22(12-15-5-3-6-15)13-16-7-4-10-24-16/h11,15-16H,1-10,12-14H2/t16-/m1/s1. The number of carbonyl (C=O) groups is 1. The predicted molar refractivity (Wildman–Crippen MR) is 98.8 cm³/mol. The number of rotatable bonds is 7. The van der Waals surface area contributed by atoms with Gasteiger partial charge in [-0.25, -0.2) is 4.98 Å². The van der Waals surface area contributed by atoms with Crippen LogP contribution in [0.5, 0.6) is 0 Å². The Morgan fingerprint density at radius 2 is 2.04 bits per heavy atom. The highest BCUT2D eigenvalue weighted by atomic mass is 32.1. The van der Waals surface area contributed by atoms with Crippen molar-refractivity contribution in [3.8, 4) is 0 Å². The van der Waals surface area contributed by atoms with Crippen molar-refractivity contribution in [2.75, 3.05) is 32.8 Å². The average Bonchev–Trinajstić information content (AvgIpc) is 3.32. The van der Waals surface area contributed by atoms with Gasteiger partial charge in [-0.3, -0.25) is 9.69 Å². The van der Waals surface area contributed by atoms with E-state index < -0.39 is 0 Å². The van der Waals surface area contributed by atoms with Crippen LogP contribution in [-0.2, 0) is 11.3 Å². The first-order valence-corrected chi connectivity index (χ1v) is 10.7. The lowest BCUT2D eigenvalue weighted by Gasteiger charge is -2.33. The number of ether oxygens (including phenoxy) is 1. The fraction of sp³-hybridized carbons (Fsp3) is 0.789. The van der Waals surface area contributed by atoms with Gasteiger partial charge in [0, 0.05) is 19.7 Å². The summed E-state index contributed by atoms with van der Waals surface area (Å²) >= 11 is 1.58. The van der Waals surface area contributed by atoms with Gasteiger partial charge in [-0.1, -0.05) is 6.42 Å². The summed E-state index contributed by atoms with van der Waals surface area (Å²) in [4.78, 5) is 22.9. The molecule has 2 saturated heterocycles. The van der Waals surface area contributed by atoms with Crippen molar-refractivity contribution in [1.82, 2.24) is 14.8 Å². The number of amides is 1. The summed E-state index contributed by atoms with van der Waals surface area (Å²) in [7, 11) is 0. The molecule has 1 amide bonds. The van der Waals surface area contributed by atoms with E-state index in [-0.39, 0.29) is 12.0 Å². The second-order valence-corrected chi connectivity index (χ2v) is 8.86. The van der Waals surface area contributed by atoms with Gasteiger partial charge < -0.3 is 9.64 Å². The minimum atomic E-state index is 0.160. The number of likely N-dealkylation sites (tertiary alicyclic amines) is 1. The van der Waals surface area contributed by atoms with E-state index in [1.807, 2.05) is 4.90 Å². The van der Waals surface area contributed by atoms with Crippen LogP contribution in [-0.4, -0.2) is 59.6 Å². The number of aromatic nitrogens is 1. The number of carbonyl (C=O) groups excluding carboxylic acids is 1. The highest BCUT2D eigenvalue weighted by molar-refractivity contribution is 7.13. The van der Waals surface area contributed by atoms with Crippen LogP contribution in [0.25, 0.3) is 0 Å². The van der Waals surface area contributed by atoms with Crippen molar-refractivity contribution >= 4 is 17.2 Å². The van der Waals surface area contributed by atoms with Gasteiger partial charge in [0.2, 0.25) is 0 Å². The third-order valence-electron chi connectivity index (χ3n) is 5.76. The molecule has 1 aromatic heterocycles. The number of hydrogen-bond acceptors (Lipinski definition) is 5. The van der Waals surface area contributed by atoms with Crippen LogP contribution in [0.4, 0.5) is 0 Å². The first-order chi connectivity index (χ1) is 12.3. The van der Waals surface area contributed by atoms with E-state index in [0.717, 1.165) is 62.1 Å². The van der Waals surface area contributed by atoms with E-state index in [0.29, 0.717) is 5.92 Å². The molecule has 1 atom stereocenters. The maximum atomic E-state index is 13.1. The minimum Gasteiger partial charge on any atom is -0.376 e. The van der Waals surface area contributed by atoms with E-state index in [2.05, 4.69) is 9.88 Å². The lowest BCUT2D eigenvalue weighted by molar-refractivity contribution is 0.0451. The van der Waals surface area contributed by atoms with Gasteiger partial charge >= 0.3 is 0 Å². The maximum absolute atomic E-state index is 13.1. The van der Waals surface area contributed by atoms with E-state index in [1.165, 1.54) is 32.1 Å². The summed E-state index contributed by atoms with van der Waals surface area (Å²) in [5.41, 5.74) is 0. The van der Waals surface area contributed by atoms with Crippen LogP contribution in [0.15, 0.2) is 6.20 Å². The van der Waals surface area contributed by atoms with Gasteiger partial charge in [0.05, 0.1) is 18.8 Å². The summed E-state index contributed by atoms with van der Waals surface area (Å²) in [6, 6.07) is 0. The molecule has 4 rings (SSSR count). The van der Waals surface area contributed by atoms with Gasteiger partial charge in [0.25, 0.3) is 5.91 Å². The van der Waals surface area contributed by atoms with Crippen LogP contribution in [0.2, 0.25) is 0 Å². The Bertz CT molecular complexity index is 575. The van der Waals surface area contributed by atoms with Gasteiger partial charge in [0.15, 0.2) is 0 Å². The summed E-state index contributed by atoms with van der Waals surface area (Å²) in [6.07, 6.45) is 10.6. The number of thiazole rings is 1. The van der Waals surface area contributed by atoms with Crippen molar-refractivity contribution < 1.29 is 9.53 Å². The Kier molecular flexibility index (Phi) is 5.68. The summed E-state index contributed by atoms with van der Waals surface area (Å²) in [6.45, 7) is 5.70. The van der Waals surface area contributed by atoms with Gasteiger partial charge in [-0.2, -0.15) is 0 Å². The van der Waals surface area contributed by atoms with Crippen molar-refractivity contribution in [3.63, 3.8) is 0 Å². The first-order valence-electron chi connectivity index (χ1n) is 9.86. The Balaban J connectivity index is 1.40. The topological polar surface area (TPSA) is 45.7 Å². The molecule has 2 aliphatic heterocycles. The first kappa shape index (κ1) is 17.4. The van der Waals surface area contributed by atoms with Crippen LogP contribution in [0.1, 0.15) is 59.6 Å². The maximum Gasteiger partial charge on any atom is 0.265 e. The fourth-order valence-corrected chi connectivity index (χ4v) is 4.96. The molecule has 0 bridgehead atoms. The predicted octanol–water partition coefficient (Wildman–Crippen LogP) is 3.16. The van der Waals surface area contributed by atoms with Crippen molar-refractivity contribution in [2.24, 2.45) is 5.92 Å². The average molecular weight is 364 g/mol. The second-order valence-electron chi connectivity index (χ2n) is 7.74. The second kappa shape index (κ2) is 8.14. The quantitative estimate of drug-likeness (QED) is 0.746. The molecule has 0 unspecified atom stereocenters. The molecule has 3 heterocycles. The molecule has 138 valence electrons. The lowest BCUT2D eigenvalue weighted by atomic mass is 9.85. The molecule has 0 radical (unpaired) electrons. The van der Waals surface area contributed by atoms with E-state index in [1.54, 1.807) is 17.5 Å². The third kappa shape index (κ3) is 4.41. The fourth-order valence-electron chi connectivity index (χ4n) is 4.03. The summed E-state index contributed by atoms with van der Waals surface area (Å²) in [5.74, 6) is 0.843. The highest BCUT2D eigenvalue weighted by Crippen LogP contribution is 2.29. The highest BCUT2D eigenvalue weighted by Gasteiger charge is 2.29. The Morgan fingerprint density at radius 3 is 2.72 bits per heavy atom. The van der Waals surface area contributed by atoms with E-state index >= 15 is 0 Å². The van der Waals surface area contributed by atoms with E-state index in [4.69, 9.17) is 4.74 Å². The summed E-state index contributed by atoms with van der Waals surface area (Å²) < 4.78 is 5.78. The zero-order valence-electron chi connectivity index (χ0n) is 15.0. The molecule has 5 nitrogen and oxygen atoms in total. The zero-order chi connectivity index (χ0) is 17.1. The molecular weight excluding hydrogens is 334 g/mol. The van der Waals surface area contributed by atoms with Gasteiger partial charge in [-0.05, 0) is 57.5 Å². The van der Waals surface area contributed by atoms with Crippen molar-refractivity contribution in [3.05, 3.63) is 16.1 Å². The molecule has 1 saturated carbocycles. The molecule has 3 fully saturated rings. The normalized spacial score (nSPS) is 24.6. The van der Waals surface area contributed by atoms with E-state index in [9.17, 15) is 4.79 Å². The molecule has 0 N–H and O–H groups in total. The zero-order valence-corrected chi connectivity index (χ0v) is 15.8. The number of nitrogens with zero attached hydrogens (tertiary/aromatic N) is 3. The molecular formula is C19H29N3O2S. The van der Waals surface area contributed by atoms with Crippen molar-refractivity contribution in [2.45, 2.75) is 57.6 Å². The molecule has 6 heteroatoms.